The Morgan fingerprint density at radius 2 is 1.40 bits per heavy atom. The normalized spacial score (nSPS) is 19.2. The van der Waals surface area contributed by atoms with Gasteiger partial charge in [0, 0.05) is 12.6 Å². The summed E-state index contributed by atoms with van der Waals surface area (Å²) >= 11 is 0. The molecular weight excluding hydrogens is 244 g/mol. The lowest BCUT2D eigenvalue weighted by atomic mass is 9.95. The lowest BCUT2D eigenvalue weighted by molar-refractivity contribution is 0.195. The van der Waals surface area contributed by atoms with Crippen LogP contribution in [0.1, 0.15) is 66.7 Å². The lowest BCUT2D eigenvalue weighted by Crippen LogP contribution is -2.40. The molecule has 0 aromatic heterocycles. The molecule has 2 heteroatoms. The van der Waals surface area contributed by atoms with Gasteiger partial charge in [-0.15, -0.1) is 0 Å². The van der Waals surface area contributed by atoms with E-state index in [0.717, 1.165) is 17.8 Å². The van der Waals surface area contributed by atoms with Gasteiger partial charge in [0.25, 0.3) is 0 Å². The van der Waals surface area contributed by atoms with Crippen molar-refractivity contribution in [3.8, 4) is 0 Å². The third-order valence-corrected chi connectivity index (χ3v) is 4.29. The summed E-state index contributed by atoms with van der Waals surface area (Å²) in [4.78, 5) is 2.66. The van der Waals surface area contributed by atoms with Crippen LogP contribution in [0, 0.1) is 17.8 Å². The fourth-order valence-electron chi connectivity index (χ4n) is 3.42. The average molecular weight is 283 g/mol. The van der Waals surface area contributed by atoms with Gasteiger partial charge in [-0.05, 0) is 63.1 Å². The van der Waals surface area contributed by atoms with Crippen LogP contribution in [0.25, 0.3) is 0 Å². The van der Waals surface area contributed by atoms with Crippen LogP contribution >= 0.6 is 0 Å². The van der Waals surface area contributed by atoms with Gasteiger partial charge >= 0.3 is 0 Å². The molecule has 0 amide bonds. The molecule has 2 nitrogen and oxygen atoms in total. The van der Waals surface area contributed by atoms with E-state index in [1.54, 1.807) is 0 Å². The van der Waals surface area contributed by atoms with Crippen LogP contribution in [0.2, 0.25) is 0 Å². The third kappa shape index (κ3) is 8.26. The van der Waals surface area contributed by atoms with Crippen molar-refractivity contribution < 1.29 is 0 Å². The summed E-state index contributed by atoms with van der Waals surface area (Å²) in [6, 6.07) is 0.707. The van der Waals surface area contributed by atoms with Gasteiger partial charge in [-0.2, -0.15) is 0 Å². The van der Waals surface area contributed by atoms with Gasteiger partial charge < -0.3 is 10.2 Å². The summed E-state index contributed by atoms with van der Waals surface area (Å²) in [6.45, 7) is 16.9. The molecule has 0 aliphatic carbocycles. The van der Waals surface area contributed by atoms with Crippen LogP contribution < -0.4 is 5.32 Å². The quantitative estimate of drug-likeness (QED) is 0.683. The summed E-state index contributed by atoms with van der Waals surface area (Å²) in [5, 5.41) is 3.85. The molecule has 1 N–H and O–H groups in total. The van der Waals surface area contributed by atoms with Gasteiger partial charge in [-0.25, -0.2) is 0 Å². The summed E-state index contributed by atoms with van der Waals surface area (Å²) in [6.07, 6.45) is 6.88. The van der Waals surface area contributed by atoms with E-state index in [-0.39, 0.29) is 0 Å². The highest BCUT2D eigenvalue weighted by atomic mass is 15.1. The molecule has 1 aliphatic rings. The second-order valence-corrected chi connectivity index (χ2v) is 7.83. The molecule has 1 rings (SSSR count). The van der Waals surface area contributed by atoms with Crippen molar-refractivity contribution in [3.05, 3.63) is 0 Å². The Morgan fingerprint density at radius 1 is 0.850 bits per heavy atom. The first-order valence-electron chi connectivity index (χ1n) is 8.93. The maximum atomic E-state index is 3.85. The van der Waals surface area contributed by atoms with E-state index in [1.807, 2.05) is 0 Å². The predicted octanol–water partition coefficient (Wildman–Crippen LogP) is 4.16. The Morgan fingerprint density at radius 3 is 1.90 bits per heavy atom. The van der Waals surface area contributed by atoms with Crippen LogP contribution in [0.3, 0.4) is 0 Å². The molecule has 0 saturated carbocycles. The fourth-order valence-corrected chi connectivity index (χ4v) is 3.42. The molecule has 0 aromatic carbocycles. The number of nitrogens with one attached hydrogen (secondary N) is 1. The largest absolute Gasteiger partial charge is 0.314 e. The van der Waals surface area contributed by atoms with Crippen molar-refractivity contribution in [1.29, 1.82) is 0 Å². The predicted molar refractivity (Wildman–Crippen MR) is 90.2 cm³/mol. The Labute approximate surface area is 127 Å². The lowest BCUT2D eigenvalue weighted by Gasteiger charge is -2.30. The number of hydrogen-bond acceptors (Lipinski definition) is 2. The molecule has 20 heavy (non-hydrogen) atoms. The molecule has 0 radical (unpaired) electrons. The van der Waals surface area contributed by atoms with Crippen LogP contribution in [-0.4, -0.2) is 37.1 Å². The smallest absolute Gasteiger partial charge is 0.00720 e. The maximum Gasteiger partial charge on any atom is 0.00720 e. The summed E-state index contributed by atoms with van der Waals surface area (Å²) in [5.41, 5.74) is 0. The van der Waals surface area contributed by atoms with Crippen LogP contribution in [0.5, 0.6) is 0 Å². The number of hydrogen-bond donors (Lipinski definition) is 1. The second kappa shape index (κ2) is 9.78. The number of rotatable bonds is 9. The van der Waals surface area contributed by atoms with Gasteiger partial charge in [-0.1, -0.05) is 41.0 Å². The summed E-state index contributed by atoms with van der Waals surface area (Å²) in [7, 11) is 0. The number of piperidine rings is 1. The zero-order chi connectivity index (χ0) is 15.0. The van der Waals surface area contributed by atoms with E-state index in [4.69, 9.17) is 0 Å². The Balaban J connectivity index is 2.25. The van der Waals surface area contributed by atoms with Crippen molar-refractivity contribution in [3.63, 3.8) is 0 Å². The molecule has 0 spiro atoms. The van der Waals surface area contributed by atoms with E-state index in [2.05, 4.69) is 44.8 Å². The zero-order valence-electron chi connectivity index (χ0n) is 14.6. The highest BCUT2D eigenvalue weighted by molar-refractivity contribution is 4.74. The molecule has 1 heterocycles. The summed E-state index contributed by atoms with van der Waals surface area (Å²) in [5.74, 6) is 2.36. The van der Waals surface area contributed by atoms with Crippen molar-refractivity contribution in [2.24, 2.45) is 17.8 Å². The van der Waals surface area contributed by atoms with E-state index >= 15 is 0 Å². The van der Waals surface area contributed by atoms with Gasteiger partial charge in [0.1, 0.15) is 0 Å². The zero-order valence-corrected chi connectivity index (χ0v) is 14.6. The minimum atomic E-state index is 0.707. The van der Waals surface area contributed by atoms with E-state index in [9.17, 15) is 0 Å². The molecule has 1 unspecified atom stereocenters. The average Bonchev–Trinajstić information content (AvgIpc) is 2.36. The maximum absolute atomic E-state index is 3.85. The second-order valence-electron chi connectivity index (χ2n) is 7.83. The van der Waals surface area contributed by atoms with Crippen molar-refractivity contribution >= 4 is 0 Å². The Kier molecular flexibility index (Phi) is 8.79. The third-order valence-electron chi connectivity index (χ3n) is 4.29. The van der Waals surface area contributed by atoms with Crippen molar-refractivity contribution in [1.82, 2.24) is 10.2 Å². The molecule has 120 valence electrons. The SMILES string of the molecule is CC(C)CC(CC(C)C)NCC(C)CN1CCCCC1. The van der Waals surface area contributed by atoms with Crippen LogP contribution in [0.4, 0.5) is 0 Å². The van der Waals surface area contributed by atoms with E-state index in [0.29, 0.717) is 6.04 Å². The molecule has 1 fully saturated rings. The van der Waals surface area contributed by atoms with Gasteiger partial charge in [-0.3, -0.25) is 0 Å². The molecule has 0 aromatic rings. The fraction of sp³-hybridized carbons (Fsp3) is 1.00. The molecule has 1 atom stereocenters. The highest BCUT2D eigenvalue weighted by Crippen LogP contribution is 2.14. The molecule has 1 saturated heterocycles. The van der Waals surface area contributed by atoms with Gasteiger partial charge in [0.2, 0.25) is 0 Å². The highest BCUT2D eigenvalue weighted by Gasteiger charge is 2.16. The topological polar surface area (TPSA) is 15.3 Å². The minimum absolute atomic E-state index is 0.707. The molecule has 0 bridgehead atoms. The monoisotopic (exact) mass is 282 g/mol. The first-order chi connectivity index (χ1) is 9.47. The van der Waals surface area contributed by atoms with Crippen LogP contribution in [0.15, 0.2) is 0 Å². The standard InChI is InChI=1S/C18H38N2/c1-15(2)11-18(12-16(3)4)19-13-17(5)14-20-9-7-6-8-10-20/h15-19H,6-14H2,1-5H3. The number of nitrogens with zero attached hydrogens (tertiary/aromatic N) is 1. The Bertz CT molecular complexity index is 222. The first kappa shape index (κ1) is 18.0. The molecular formula is C18H38N2. The van der Waals surface area contributed by atoms with Crippen LogP contribution in [-0.2, 0) is 0 Å². The van der Waals surface area contributed by atoms with Crippen molar-refractivity contribution in [2.75, 3.05) is 26.2 Å². The van der Waals surface area contributed by atoms with Gasteiger partial charge in [0.15, 0.2) is 0 Å². The summed E-state index contributed by atoms with van der Waals surface area (Å²) < 4.78 is 0. The van der Waals surface area contributed by atoms with E-state index < -0.39 is 0 Å². The van der Waals surface area contributed by atoms with E-state index in [1.165, 1.54) is 58.3 Å². The Hall–Kier alpha value is -0.0800. The van der Waals surface area contributed by atoms with Gasteiger partial charge in [0.05, 0.1) is 0 Å². The van der Waals surface area contributed by atoms with Crippen molar-refractivity contribution in [2.45, 2.75) is 72.8 Å². The minimum Gasteiger partial charge on any atom is -0.314 e. The number of likely N-dealkylation sites (tertiary alicyclic amines) is 1. The first-order valence-corrected chi connectivity index (χ1v) is 8.93. The molecule has 1 aliphatic heterocycles.